The predicted octanol–water partition coefficient (Wildman–Crippen LogP) is 2.82. The normalized spacial score (nSPS) is 10.8. The molecule has 0 amide bonds. The average molecular weight is 242 g/mol. The molecular formula is C14H11FN2O. The summed E-state index contributed by atoms with van der Waals surface area (Å²) >= 11 is 0. The smallest absolute Gasteiger partial charge is 0.185 e. The molecule has 90 valence electrons. The largest absolute Gasteiger partial charge is 0.289 e. The molecule has 3 nitrogen and oxygen atoms in total. The van der Waals surface area contributed by atoms with Crippen molar-refractivity contribution in [3.05, 3.63) is 65.5 Å². The van der Waals surface area contributed by atoms with Crippen molar-refractivity contribution in [3.63, 3.8) is 0 Å². The average Bonchev–Trinajstić information content (AvgIpc) is 2.40. The zero-order valence-electron chi connectivity index (χ0n) is 9.80. The van der Waals surface area contributed by atoms with Crippen LogP contribution in [-0.4, -0.2) is 15.8 Å². The van der Waals surface area contributed by atoms with E-state index in [0.717, 1.165) is 5.56 Å². The fourth-order valence-corrected chi connectivity index (χ4v) is 1.46. The van der Waals surface area contributed by atoms with Crippen molar-refractivity contribution in [2.45, 2.75) is 6.92 Å². The van der Waals surface area contributed by atoms with E-state index in [1.807, 2.05) is 0 Å². The number of hydrogen-bond acceptors (Lipinski definition) is 3. The highest BCUT2D eigenvalue weighted by Gasteiger charge is 2.04. The van der Waals surface area contributed by atoms with Crippen molar-refractivity contribution in [3.8, 4) is 0 Å². The lowest BCUT2D eigenvalue weighted by molar-refractivity contribution is 0.104. The Labute approximate surface area is 104 Å². The molecular weight excluding hydrogens is 231 g/mol. The van der Waals surface area contributed by atoms with Crippen LogP contribution in [0.5, 0.6) is 0 Å². The minimum absolute atomic E-state index is 0.179. The third-order valence-corrected chi connectivity index (χ3v) is 2.45. The highest BCUT2D eigenvalue weighted by molar-refractivity contribution is 6.06. The molecule has 1 heterocycles. The maximum atomic E-state index is 13.1. The van der Waals surface area contributed by atoms with Gasteiger partial charge in [-0.15, -0.1) is 0 Å². The molecule has 0 bridgehead atoms. The number of halogens is 1. The minimum atomic E-state index is -0.313. The first-order valence-electron chi connectivity index (χ1n) is 5.40. The van der Waals surface area contributed by atoms with Crippen molar-refractivity contribution < 1.29 is 9.18 Å². The molecule has 2 aromatic rings. The van der Waals surface area contributed by atoms with Gasteiger partial charge in [0.1, 0.15) is 12.1 Å². The predicted molar refractivity (Wildman–Crippen MR) is 66.5 cm³/mol. The lowest BCUT2D eigenvalue weighted by atomic mass is 10.1. The van der Waals surface area contributed by atoms with Gasteiger partial charge in [0.25, 0.3) is 0 Å². The quantitative estimate of drug-likeness (QED) is 0.614. The van der Waals surface area contributed by atoms with Gasteiger partial charge in [-0.1, -0.05) is 0 Å². The summed E-state index contributed by atoms with van der Waals surface area (Å²) in [6.07, 6.45) is 7.67. The van der Waals surface area contributed by atoms with Crippen LogP contribution in [0.25, 0.3) is 6.08 Å². The fraction of sp³-hybridized carbons (Fsp3) is 0.0714. The number of hydrogen-bond donors (Lipinski definition) is 0. The van der Waals surface area contributed by atoms with Crippen molar-refractivity contribution in [2.24, 2.45) is 0 Å². The molecule has 0 N–H and O–H groups in total. The number of nitrogens with zero attached hydrogens (tertiary/aromatic N) is 2. The number of allylic oxidation sites excluding steroid dienone is 1. The van der Waals surface area contributed by atoms with E-state index in [2.05, 4.69) is 9.97 Å². The Morgan fingerprint density at radius 1 is 1.28 bits per heavy atom. The molecule has 0 saturated carbocycles. The van der Waals surface area contributed by atoms with E-state index >= 15 is 0 Å². The monoisotopic (exact) mass is 242 g/mol. The van der Waals surface area contributed by atoms with Crippen LogP contribution in [0.1, 0.15) is 21.5 Å². The van der Waals surface area contributed by atoms with Crippen LogP contribution in [0.3, 0.4) is 0 Å². The second-order valence-electron chi connectivity index (χ2n) is 3.83. The Morgan fingerprint density at radius 3 is 2.67 bits per heavy atom. The van der Waals surface area contributed by atoms with E-state index in [1.54, 1.807) is 25.4 Å². The number of rotatable bonds is 3. The first-order chi connectivity index (χ1) is 8.66. The molecule has 1 aromatic carbocycles. The number of aryl methyl sites for hydroxylation is 1. The van der Waals surface area contributed by atoms with Crippen molar-refractivity contribution in [2.75, 3.05) is 0 Å². The second kappa shape index (κ2) is 5.31. The zero-order chi connectivity index (χ0) is 13.0. The third kappa shape index (κ3) is 2.85. The second-order valence-corrected chi connectivity index (χ2v) is 3.83. The molecule has 4 heteroatoms. The molecule has 0 spiro atoms. The van der Waals surface area contributed by atoms with Crippen LogP contribution in [0.4, 0.5) is 4.39 Å². The third-order valence-electron chi connectivity index (χ3n) is 2.45. The Hall–Kier alpha value is -2.36. The van der Waals surface area contributed by atoms with Crippen LogP contribution >= 0.6 is 0 Å². The lowest BCUT2D eigenvalue weighted by Gasteiger charge is -1.99. The van der Waals surface area contributed by atoms with Crippen LogP contribution in [0.15, 0.2) is 43.0 Å². The molecule has 0 radical (unpaired) electrons. The minimum Gasteiger partial charge on any atom is -0.289 e. The highest BCUT2D eigenvalue weighted by Crippen LogP contribution is 2.11. The summed E-state index contributed by atoms with van der Waals surface area (Å²) in [5.41, 5.74) is 1.66. The first kappa shape index (κ1) is 12.1. The molecule has 0 unspecified atom stereocenters. The summed E-state index contributed by atoms with van der Waals surface area (Å²) in [5, 5.41) is 0. The van der Waals surface area contributed by atoms with E-state index < -0.39 is 0 Å². The zero-order valence-corrected chi connectivity index (χ0v) is 9.80. The summed E-state index contributed by atoms with van der Waals surface area (Å²) in [7, 11) is 0. The van der Waals surface area contributed by atoms with Gasteiger partial charge in [-0.3, -0.25) is 4.79 Å². The van der Waals surface area contributed by atoms with E-state index in [-0.39, 0.29) is 11.6 Å². The Kier molecular flexibility index (Phi) is 3.57. The molecule has 18 heavy (non-hydrogen) atoms. The van der Waals surface area contributed by atoms with E-state index in [9.17, 15) is 9.18 Å². The van der Waals surface area contributed by atoms with Crippen LogP contribution in [0.2, 0.25) is 0 Å². The van der Waals surface area contributed by atoms with Crippen LogP contribution in [0, 0.1) is 12.7 Å². The van der Waals surface area contributed by atoms with Gasteiger partial charge in [0.15, 0.2) is 5.78 Å². The maximum Gasteiger partial charge on any atom is 0.185 e. The summed E-state index contributed by atoms with van der Waals surface area (Å²) in [4.78, 5) is 19.5. The Balaban J connectivity index is 2.17. The Bertz CT molecular complexity index is 594. The van der Waals surface area contributed by atoms with Crippen molar-refractivity contribution in [1.29, 1.82) is 0 Å². The Morgan fingerprint density at radius 2 is 2.00 bits per heavy atom. The number of benzene rings is 1. The summed E-state index contributed by atoms with van der Waals surface area (Å²) in [6, 6.07) is 4.29. The van der Waals surface area contributed by atoms with Gasteiger partial charge >= 0.3 is 0 Å². The van der Waals surface area contributed by atoms with Crippen molar-refractivity contribution in [1.82, 2.24) is 9.97 Å². The lowest BCUT2D eigenvalue weighted by Crippen LogP contribution is -1.96. The van der Waals surface area contributed by atoms with E-state index in [0.29, 0.717) is 11.1 Å². The van der Waals surface area contributed by atoms with Gasteiger partial charge in [0.2, 0.25) is 0 Å². The number of carbonyl (C=O) groups excluding carboxylic acids is 1. The standard InChI is InChI=1S/C14H11FN2O/c1-10-6-12(3-4-13(10)15)14(18)5-2-11-7-16-9-17-8-11/h2-9H,1H3/b5-2+. The highest BCUT2D eigenvalue weighted by atomic mass is 19.1. The van der Waals surface area contributed by atoms with Gasteiger partial charge in [-0.2, -0.15) is 0 Å². The number of carbonyl (C=O) groups is 1. The molecule has 0 aliphatic rings. The van der Waals surface area contributed by atoms with Gasteiger partial charge in [-0.05, 0) is 42.8 Å². The molecule has 1 aromatic heterocycles. The molecule has 0 saturated heterocycles. The van der Waals surface area contributed by atoms with Crippen molar-refractivity contribution >= 4 is 11.9 Å². The van der Waals surface area contributed by atoms with E-state index in [4.69, 9.17) is 0 Å². The molecule has 0 aliphatic carbocycles. The SMILES string of the molecule is Cc1cc(C(=O)/C=C/c2cncnc2)ccc1F. The van der Waals surface area contributed by atoms with Crippen LogP contribution < -0.4 is 0 Å². The van der Waals surface area contributed by atoms with Gasteiger partial charge in [-0.25, -0.2) is 14.4 Å². The number of ketones is 1. The van der Waals surface area contributed by atoms with Crippen LogP contribution in [-0.2, 0) is 0 Å². The summed E-state index contributed by atoms with van der Waals surface area (Å²) in [6.45, 7) is 1.63. The first-order valence-corrected chi connectivity index (χ1v) is 5.40. The summed E-state index contributed by atoms with van der Waals surface area (Å²) in [5.74, 6) is -0.492. The molecule has 0 atom stereocenters. The van der Waals surface area contributed by atoms with Gasteiger partial charge in [0, 0.05) is 23.5 Å². The summed E-state index contributed by atoms with van der Waals surface area (Å²) < 4.78 is 13.1. The number of aromatic nitrogens is 2. The molecule has 0 aliphatic heterocycles. The molecule has 2 rings (SSSR count). The van der Waals surface area contributed by atoms with E-state index in [1.165, 1.54) is 30.6 Å². The topological polar surface area (TPSA) is 42.9 Å². The van der Waals surface area contributed by atoms with Gasteiger partial charge < -0.3 is 0 Å². The maximum absolute atomic E-state index is 13.1. The fourth-order valence-electron chi connectivity index (χ4n) is 1.46. The van der Waals surface area contributed by atoms with Gasteiger partial charge in [0.05, 0.1) is 0 Å². The molecule has 0 fully saturated rings.